The summed E-state index contributed by atoms with van der Waals surface area (Å²) >= 11 is 0. The quantitative estimate of drug-likeness (QED) is 0.654. The number of hydrogen-bond donors (Lipinski definition) is 1. The summed E-state index contributed by atoms with van der Waals surface area (Å²) in [7, 11) is -3.54. The third-order valence-electron chi connectivity index (χ3n) is 6.21. The number of nitrogens with zero attached hydrogens (tertiary/aromatic N) is 3. The molecule has 1 saturated heterocycles. The highest BCUT2D eigenvalue weighted by atomic mass is 32.2. The van der Waals surface area contributed by atoms with Crippen molar-refractivity contribution >= 4 is 20.9 Å². The van der Waals surface area contributed by atoms with Gasteiger partial charge in [0.2, 0.25) is 10.0 Å². The van der Waals surface area contributed by atoms with Crippen molar-refractivity contribution in [3.05, 3.63) is 70.3 Å². The molecule has 1 aromatic heterocycles. The molecule has 2 aromatic carbocycles. The van der Waals surface area contributed by atoms with Crippen molar-refractivity contribution in [2.45, 2.75) is 44.0 Å². The first-order valence-electron chi connectivity index (χ1n) is 10.9. The van der Waals surface area contributed by atoms with Gasteiger partial charge in [-0.1, -0.05) is 45.0 Å². The average molecular weight is 455 g/mol. The Hall–Kier alpha value is -2.55. The van der Waals surface area contributed by atoms with E-state index in [-0.39, 0.29) is 17.0 Å². The van der Waals surface area contributed by atoms with Crippen molar-refractivity contribution in [1.29, 1.82) is 0 Å². The normalized spacial score (nSPS) is 17.5. The number of H-pyrrole nitrogens is 1. The summed E-state index contributed by atoms with van der Waals surface area (Å²) < 4.78 is 27.8. The lowest BCUT2D eigenvalue weighted by Gasteiger charge is -2.37. The molecule has 0 aliphatic carbocycles. The lowest BCUT2D eigenvalue weighted by molar-refractivity contribution is 0.141. The fourth-order valence-electron chi connectivity index (χ4n) is 4.08. The van der Waals surface area contributed by atoms with E-state index < -0.39 is 10.0 Å². The summed E-state index contributed by atoms with van der Waals surface area (Å²) in [6, 6.07) is 14.3. The van der Waals surface area contributed by atoms with E-state index in [0.717, 1.165) is 5.56 Å². The van der Waals surface area contributed by atoms with E-state index in [2.05, 4.69) is 35.6 Å². The lowest BCUT2D eigenvalue weighted by atomic mass is 9.87. The summed E-state index contributed by atoms with van der Waals surface area (Å²) in [4.78, 5) is 22.4. The van der Waals surface area contributed by atoms with Crippen LogP contribution in [0.5, 0.6) is 0 Å². The molecule has 4 rings (SSSR count). The van der Waals surface area contributed by atoms with E-state index in [1.165, 1.54) is 0 Å². The van der Waals surface area contributed by atoms with Crippen molar-refractivity contribution in [2.75, 3.05) is 26.2 Å². The molecule has 0 bridgehead atoms. The molecule has 3 aromatic rings. The molecule has 0 unspecified atom stereocenters. The largest absolute Gasteiger partial charge is 0.309 e. The second-order valence-corrected chi connectivity index (χ2v) is 11.3. The Morgan fingerprint density at radius 2 is 1.59 bits per heavy atom. The van der Waals surface area contributed by atoms with Crippen LogP contribution in [0.3, 0.4) is 0 Å². The average Bonchev–Trinajstić information content (AvgIpc) is 2.78. The van der Waals surface area contributed by atoms with Crippen LogP contribution in [0, 0.1) is 0 Å². The first-order chi connectivity index (χ1) is 15.1. The minimum absolute atomic E-state index is 0.0260. The third-order valence-corrected chi connectivity index (χ3v) is 8.12. The zero-order chi connectivity index (χ0) is 23.1. The molecule has 8 heteroatoms. The maximum atomic E-state index is 13.1. The molecule has 2 heterocycles. The molecule has 7 nitrogen and oxygen atoms in total. The Balaban J connectivity index is 1.47. The van der Waals surface area contributed by atoms with Gasteiger partial charge >= 0.3 is 0 Å². The van der Waals surface area contributed by atoms with Gasteiger partial charge in [-0.2, -0.15) is 4.31 Å². The van der Waals surface area contributed by atoms with Crippen LogP contribution in [0.2, 0.25) is 0 Å². The second kappa shape index (κ2) is 8.42. The van der Waals surface area contributed by atoms with Gasteiger partial charge in [-0.15, -0.1) is 0 Å². The molecule has 1 aliphatic heterocycles. The van der Waals surface area contributed by atoms with Crippen LogP contribution < -0.4 is 5.56 Å². The molecule has 32 heavy (non-hydrogen) atoms. The Morgan fingerprint density at radius 1 is 0.969 bits per heavy atom. The van der Waals surface area contributed by atoms with Crippen molar-refractivity contribution in [1.82, 2.24) is 19.2 Å². The van der Waals surface area contributed by atoms with E-state index in [4.69, 9.17) is 0 Å². The number of sulfonamides is 1. The Bertz CT molecular complexity index is 1270. The zero-order valence-corrected chi connectivity index (χ0v) is 19.8. The fourth-order valence-corrected chi connectivity index (χ4v) is 5.50. The molecular weight excluding hydrogens is 424 g/mol. The second-order valence-electron chi connectivity index (χ2n) is 9.36. The van der Waals surface area contributed by atoms with Gasteiger partial charge in [0.25, 0.3) is 5.56 Å². The number of aromatic amines is 1. The third kappa shape index (κ3) is 4.35. The maximum Gasteiger partial charge on any atom is 0.258 e. The smallest absolute Gasteiger partial charge is 0.258 e. The van der Waals surface area contributed by atoms with E-state index in [1.807, 2.05) is 37.3 Å². The van der Waals surface area contributed by atoms with Gasteiger partial charge in [0.1, 0.15) is 5.82 Å². The number of nitrogens with one attached hydrogen (secondary N) is 1. The van der Waals surface area contributed by atoms with Gasteiger partial charge in [-0.25, -0.2) is 13.4 Å². The van der Waals surface area contributed by atoms with E-state index >= 15 is 0 Å². The molecule has 1 atom stereocenters. The maximum absolute atomic E-state index is 13.1. The van der Waals surface area contributed by atoms with E-state index in [1.54, 1.807) is 22.5 Å². The number of hydrogen-bond acceptors (Lipinski definition) is 5. The first kappa shape index (κ1) is 22.6. The molecule has 0 radical (unpaired) electrons. The standard InChI is InChI=1S/C24H30N4O3S/c1-17(22-25-21-8-6-5-7-20(21)23(29)26-22)27-13-15-28(16-14-27)32(30,31)19-11-9-18(10-12-19)24(2,3)4/h5-12,17H,13-16H2,1-4H3,(H,25,26,29)/t17-/m1/s1. The Kier molecular flexibility index (Phi) is 5.96. The van der Waals surface area contributed by atoms with Crippen LogP contribution in [0.25, 0.3) is 10.9 Å². The SMILES string of the molecule is C[C@H](c1nc2ccccc2c(=O)[nH]1)N1CCN(S(=O)(=O)c2ccc(C(C)(C)C)cc2)CC1. The highest BCUT2D eigenvalue weighted by Crippen LogP contribution is 2.26. The molecule has 0 amide bonds. The van der Waals surface area contributed by atoms with E-state index in [0.29, 0.717) is 47.8 Å². The number of rotatable bonds is 4. The summed E-state index contributed by atoms with van der Waals surface area (Å²) in [5.74, 6) is 0.600. The van der Waals surface area contributed by atoms with Crippen molar-refractivity contribution in [2.24, 2.45) is 0 Å². The van der Waals surface area contributed by atoms with E-state index in [9.17, 15) is 13.2 Å². The summed E-state index contributed by atoms with van der Waals surface area (Å²) in [6.07, 6.45) is 0. The summed E-state index contributed by atoms with van der Waals surface area (Å²) in [5.41, 5.74) is 1.59. The molecule has 1 aliphatic rings. The summed E-state index contributed by atoms with van der Waals surface area (Å²) in [6.45, 7) is 10.2. The molecule has 1 fully saturated rings. The Labute approximate surface area is 189 Å². The van der Waals surface area contributed by atoms with Crippen molar-refractivity contribution in [3.63, 3.8) is 0 Å². The van der Waals surface area contributed by atoms with Crippen LogP contribution in [0.1, 0.15) is 45.1 Å². The molecule has 0 spiro atoms. The number of para-hydroxylation sites is 1. The van der Waals surface area contributed by atoms with Crippen LogP contribution in [0.15, 0.2) is 58.2 Å². The molecule has 0 saturated carbocycles. The van der Waals surface area contributed by atoms with Gasteiger partial charge in [0, 0.05) is 26.2 Å². The van der Waals surface area contributed by atoms with Crippen LogP contribution in [0.4, 0.5) is 0 Å². The predicted octanol–water partition coefficient (Wildman–Crippen LogP) is 3.29. The van der Waals surface area contributed by atoms with Crippen molar-refractivity contribution in [3.8, 4) is 0 Å². The zero-order valence-electron chi connectivity index (χ0n) is 19.0. The number of piperazine rings is 1. The first-order valence-corrected chi connectivity index (χ1v) is 12.3. The minimum Gasteiger partial charge on any atom is -0.309 e. The number of fused-ring (bicyclic) bond motifs is 1. The van der Waals surface area contributed by atoms with Gasteiger partial charge in [-0.3, -0.25) is 9.69 Å². The van der Waals surface area contributed by atoms with Gasteiger partial charge in [0.15, 0.2) is 0 Å². The highest BCUT2D eigenvalue weighted by molar-refractivity contribution is 7.89. The van der Waals surface area contributed by atoms with Crippen LogP contribution in [-0.2, 0) is 15.4 Å². The summed E-state index contributed by atoms with van der Waals surface area (Å²) in [5, 5.41) is 0.567. The van der Waals surface area contributed by atoms with Crippen LogP contribution >= 0.6 is 0 Å². The van der Waals surface area contributed by atoms with Crippen LogP contribution in [-0.4, -0.2) is 53.8 Å². The minimum atomic E-state index is -3.54. The van der Waals surface area contributed by atoms with Gasteiger partial charge in [-0.05, 0) is 42.2 Å². The topological polar surface area (TPSA) is 86.4 Å². The molecule has 1 N–H and O–H groups in total. The monoisotopic (exact) mass is 454 g/mol. The fraction of sp³-hybridized carbons (Fsp3) is 0.417. The van der Waals surface area contributed by atoms with Crippen molar-refractivity contribution < 1.29 is 8.42 Å². The van der Waals surface area contributed by atoms with Gasteiger partial charge < -0.3 is 4.98 Å². The molecule has 170 valence electrons. The molecular formula is C24H30N4O3S. The highest BCUT2D eigenvalue weighted by Gasteiger charge is 2.31. The number of benzene rings is 2. The number of aromatic nitrogens is 2. The predicted molar refractivity (Wildman–Crippen MR) is 126 cm³/mol. The Morgan fingerprint density at radius 3 is 2.22 bits per heavy atom. The van der Waals surface area contributed by atoms with Gasteiger partial charge in [0.05, 0.1) is 21.8 Å². The lowest BCUT2D eigenvalue weighted by Crippen LogP contribution is -2.49.